The molecule has 2 rings (SSSR count). The number of carbonyl (C=O) groups is 1. The number of Topliss-reactive ketones (excluding diaryl/α,β-unsaturated/α-hetero) is 1. The van der Waals surface area contributed by atoms with Crippen molar-refractivity contribution in [2.24, 2.45) is 0 Å². The van der Waals surface area contributed by atoms with Gasteiger partial charge < -0.3 is 5.73 Å². The summed E-state index contributed by atoms with van der Waals surface area (Å²) in [4.78, 5) is 12.2. The van der Waals surface area contributed by atoms with Crippen LogP contribution in [-0.4, -0.2) is 15.6 Å². The minimum absolute atomic E-state index is 0.141. The van der Waals surface area contributed by atoms with E-state index >= 15 is 0 Å². The average Bonchev–Trinajstić information content (AvgIpc) is 2.86. The van der Waals surface area contributed by atoms with Crippen molar-refractivity contribution in [2.45, 2.75) is 32.7 Å². The van der Waals surface area contributed by atoms with Crippen molar-refractivity contribution < 1.29 is 4.79 Å². The van der Waals surface area contributed by atoms with Crippen LogP contribution in [0.15, 0.2) is 36.5 Å². The van der Waals surface area contributed by atoms with Crippen molar-refractivity contribution in [1.82, 2.24) is 9.78 Å². The maximum atomic E-state index is 12.2. The molecule has 19 heavy (non-hydrogen) atoms. The second kappa shape index (κ2) is 6.18. The van der Waals surface area contributed by atoms with E-state index < -0.39 is 0 Å². The highest BCUT2D eigenvalue weighted by molar-refractivity contribution is 5.94. The normalized spacial score (nSPS) is 10.6. The van der Waals surface area contributed by atoms with Crippen LogP contribution in [0.1, 0.15) is 35.8 Å². The number of aromatic nitrogens is 2. The summed E-state index contributed by atoms with van der Waals surface area (Å²) < 4.78 is 1.78. The van der Waals surface area contributed by atoms with Crippen molar-refractivity contribution in [1.29, 1.82) is 0 Å². The molecule has 0 radical (unpaired) electrons. The van der Waals surface area contributed by atoms with Crippen LogP contribution in [0.25, 0.3) is 0 Å². The Morgan fingerprint density at radius 1 is 1.26 bits per heavy atom. The van der Waals surface area contributed by atoms with Crippen molar-refractivity contribution in [2.75, 3.05) is 5.73 Å². The Hall–Kier alpha value is -2.10. The summed E-state index contributed by atoms with van der Waals surface area (Å²) in [5.41, 5.74) is 8.22. The molecule has 0 aliphatic carbocycles. The summed E-state index contributed by atoms with van der Waals surface area (Å²) in [6, 6.07) is 9.45. The predicted molar refractivity (Wildman–Crippen MR) is 76.0 cm³/mol. The van der Waals surface area contributed by atoms with E-state index in [-0.39, 0.29) is 5.78 Å². The smallest absolute Gasteiger partial charge is 0.181 e. The van der Waals surface area contributed by atoms with Crippen molar-refractivity contribution in [3.63, 3.8) is 0 Å². The van der Waals surface area contributed by atoms with E-state index in [1.54, 1.807) is 16.9 Å². The van der Waals surface area contributed by atoms with Gasteiger partial charge in [-0.3, -0.25) is 9.48 Å². The monoisotopic (exact) mass is 257 g/mol. The van der Waals surface area contributed by atoms with Crippen LogP contribution in [0.3, 0.4) is 0 Å². The van der Waals surface area contributed by atoms with E-state index in [1.807, 2.05) is 24.3 Å². The van der Waals surface area contributed by atoms with E-state index in [0.717, 1.165) is 30.6 Å². The van der Waals surface area contributed by atoms with Gasteiger partial charge in [-0.15, -0.1) is 0 Å². The molecule has 0 aliphatic rings. The van der Waals surface area contributed by atoms with Gasteiger partial charge in [0.2, 0.25) is 0 Å². The zero-order chi connectivity index (χ0) is 13.7. The van der Waals surface area contributed by atoms with Gasteiger partial charge in [-0.25, -0.2) is 0 Å². The maximum absolute atomic E-state index is 12.2. The molecule has 0 spiro atoms. The number of aryl methyl sites for hydroxylation is 2. The number of nitrogens with two attached hydrogens (primary N) is 1. The fraction of sp³-hybridized carbons (Fsp3) is 0.333. The first-order valence-electron chi connectivity index (χ1n) is 6.60. The molecule has 4 heteroatoms. The molecule has 0 bridgehead atoms. The molecule has 2 aromatic rings. The molecule has 0 amide bonds. The highest BCUT2D eigenvalue weighted by atomic mass is 16.1. The van der Waals surface area contributed by atoms with Gasteiger partial charge >= 0.3 is 0 Å². The van der Waals surface area contributed by atoms with Crippen LogP contribution in [0, 0.1) is 0 Å². The Labute approximate surface area is 113 Å². The van der Waals surface area contributed by atoms with Gasteiger partial charge in [0.05, 0.1) is 0 Å². The van der Waals surface area contributed by atoms with Crippen molar-refractivity contribution in [3.05, 3.63) is 47.8 Å². The standard InChI is InChI=1S/C15H19N3O/c1-2-11-18-14(9-10-17-18)15(19)8-5-12-3-6-13(16)7-4-12/h3-4,6-7,9-10H,2,5,8,11,16H2,1H3. The number of nitrogens with zero attached hydrogens (tertiary/aromatic N) is 2. The lowest BCUT2D eigenvalue weighted by atomic mass is 10.1. The van der Waals surface area contributed by atoms with E-state index in [9.17, 15) is 4.79 Å². The molecule has 0 saturated heterocycles. The largest absolute Gasteiger partial charge is 0.399 e. The average molecular weight is 257 g/mol. The second-order valence-electron chi connectivity index (χ2n) is 4.60. The van der Waals surface area contributed by atoms with E-state index in [1.165, 1.54) is 0 Å². The van der Waals surface area contributed by atoms with Crippen LogP contribution < -0.4 is 5.73 Å². The molecule has 100 valence electrons. The Morgan fingerprint density at radius 3 is 2.68 bits per heavy atom. The highest BCUT2D eigenvalue weighted by Gasteiger charge is 2.11. The third kappa shape index (κ3) is 3.44. The molecule has 0 saturated carbocycles. The van der Waals surface area contributed by atoms with E-state index in [2.05, 4.69) is 12.0 Å². The van der Waals surface area contributed by atoms with Crippen LogP contribution in [-0.2, 0) is 13.0 Å². The number of hydrogen-bond acceptors (Lipinski definition) is 3. The molecule has 2 N–H and O–H groups in total. The quantitative estimate of drug-likeness (QED) is 0.639. The summed E-state index contributed by atoms with van der Waals surface area (Å²) in [6.07, 6.45) is 3.89. The van der Waals surface area contributed by atoms with Gasteiger partial charge in [0.25, 0.3) is 0 Å². The number of carbonyl (C=O) groups excluding carboxylic acids is 1. The van der Waals surface area contributed by atoms with E-state index in [4.69, 9.17) is 5.73 Å². The topological polar surface area (TPSA) is 60.9 Å². The third-order valence-corrected chi connectivity index (χ3v) is 3.06. The SMILES string of the molecule is CCCn1nccc1C(=O)CCc1ccc(N)cc1. The summed E-state index contributed by atoms with van der Waals surface area (Å²) in [5, 5.41) is 4.17. The molecule has 0 fully saturated rings. The van der Waals surface area contributed by atoms with Gasteiger partial charge in [0.15, 0.2) is 5.78 Å². The van der Waals surface area contributed by atoms with Crippen molar-refractivity contribution >= 4 is 11.5 Å². The van der Waals surface area contributed by atoms with Crippen LogP contribution >= 0.6 is 0 Å². The molecule has 1 aromatic heterocycles. The molecule has 0 unspecified atom stereocenters. The fourth-order valence-electron chi connectivity index (χ4n) is 2.03. The van der Waals surface area contributed by atoms with Gasteiger partial charge in [-0.2, -0.15) is 5.10 Å². The van der Waals surface area contributed by atoms with Crippen LogP contribution in [0.4, 0.5) is 5.69 Å². The van der Waals surface area contributed by atoms with Gasteiger partial charge in [0, 0.05) is 24.8 Å². The number of anilines is 1. The minimum atomic E-state index is 0.141. The Balaban J connectivity index is 1.97. The number of hydrogen-bond donors (Lipinski definition) is 1. The number of benzene rings is 1. The summed E-state index contributed by atoms with van der Waals surface area (Å²) in [5.74, 6) is 0.141. The van der Waals surface area contributed by atoms with Crippen LogP contribution in [0.2, 0.25) is 0 Å². The lowest BCUT2D eigenvalue weighted by Gasteiger charge is -2.05. The van der Waals surface area contributed by atoms with E-state index in [0.29, 0.717) is 12.1 Å². The molecular formula is C15H19N3O. The van der Waals surface area contributed by atoms with Crippen LogP contribution in [0.5, 0.6) is 0 Å². The molecule has 1 heterocycles. The molecule has 0 aliphatic heterocycles. The number of ketones is 1. The lowest BCUT2D eigenvalue weighted by molar-refractivity contribution is 0.0972. The lowest BCUT2D eigenvalue weighted by Crippen LogP contribution is -2.11. The first-order valence-corrected chi connectivity index (χ1v) is 6.60. The van der Waals surface area contributed by atoms with Gasteiger partial charge in [-0.05, 0) is 36.6 Å². The Kier molecular flexibility index (Phi) is 4.34. The predicted octanol–water partition coefficient (Wildman–Crippen LogP) is 2.69. The summed E-state index contributed by atoms with van der Waals surface area (Å²) in [6.45, 7) is 2.86. The zero-order valence-corrected chi connectivity index (χ0v) is 11.2. The zero-order valence-electron chi connectivity index (χ0n) is 11.2. The minimum Gasteiger partial charge on any atom is -0.399 e. The first-order chi connectivity index (χ1) is 9.20. The molecule has 0 atom stereocenters. The van der Waals surface area contributed by atoms with Gasteiger partial charge in [-0.1, -0.05) is 19.1 Å². The van der Waals surface area contributed by atoms with Gasteiger partial charge in [0.1, 0.15) is 5.69 Å². The summed E-state index contributed by atoms with van der Waals surface area (Å²) >= 11 is 0. The second-order valence-corrected chi connectivity index (χ2v) is 4.60. The Morgan fingerprint density at radius 2 is 2.00 bits per heavy atom. The molecule has 4 nitrogen and oxygen atoms in total. The number of nitrogen functional groups attached to an aromatic ring is 1. The fourth-order valence-corrected chi connectivity index (χ4v) is 2.03. The number of rotatable bonds is 6. The molecular weight excluding hydrogens is 238 g/mol. The third-order valence-electron chi connectivity index (χ3n) is 3.06. The highest BCUT2D eigenvalue weighted by Crippen LogP contribution is 2.11. The maximum Gasteiger partial charge on any atom is 0.181 e. The summed E-state index contributed by atoms with van der Waals surface area (Å²) in [7, 11) is 0. The Bertz CT molecular complexity index is 543. The van der Waals surface area contributed by atoms with Crippen molar-refractivity contribution in [3.8, 4) is 0 Å². The molecule has 1 aromatic carbocycles. The first kappa shape index (κ1) is 13.3.